The number of rotatable bonds is 3. The highest BCUT2D eigenvalue weighted by atomic mass is 79.9. The summed E-state index contributed by atoms with van der Waals surface area (Å²) in [6.07, 6.45) is 1.96. The van der Waals surface area contributed by atoms with Crippen LogP contribution in [-0.4, -0.2) is 6.29 Å². The van der Waals surface area contributed by atoms with Crippen LogP contribution >= 0.6 is 15.9 Å². The second-order valence-corrected chi connectivity index (χ2v) is 4.04. The van der Waals surface area contributed by atoms with Gasteiger partial charge in [-0.05, 0) is 29.7 Å². The number of aldehydes is 1. The van der Waals surface area contributed by atoms with Gasteiger partial charge in [-0.1, -0.05) is 35.8 Å². The quantitative estimate of drug-likeness (QED) is 0.742. The molecule has 1 aromatic carbocycles. The minimum atomic E-state index is -0.00699. The highest BCUT2D eigenvalue weighted by Gasteiger charge is 2.08. The van der Waals surface area contributed by atoms with Gasteiger partial charge in [0.15, 0.2) is 0 Å². The summed E-state index contributed by atoms with van der Waals surface area (Å²) in [5.74, 6) is -0.00699. The first-order valence-corrected chi connectivity index (χ1v) is 5.22. The summed E-state index contributed by atoms with van der Waals surface area (Å²) in [4.78, 5) is 10.7. The topological polar surface area (TPSA) is 17.1 Å². The van der Waals surface area contributed by atoms with Gasteiger partial charge in [0.2, 0.25) is 0 Å². The van der Waals surface area contributed by atoms with E-state index in [-0.39, 0.29) is 5.92 Å². The molecule has 0 aromatic heterocycles. The first-order valence-electron chi connectivity index (χ1n) is 4.42. The molecule has 0 amide bonds. The average Bonchev–Trinajstić information content (AvgIpc) is 2.16. The summed E-state index contributed by atoms with van der Waals surface area (Å²) in [5, 5.41) is 0. The van der Waals surface area contributed by atoms with Crippen LogP contribution in [0.3, 0.4) is 0 Å². The van der Waals surface area contributed by atoms with Crippen molar-refractivity contribution in [3.63, 3.8) is 0 Å². The van der Waals surface area contributed by atoms with E-state index in [0.717, 1.165) is 22.7 Å². The fraction of sp³-hybridized carbons (Fsp3) is 0.364. The Morgan fingerprint density at radius 1 is 1.54 bits per heavy atom. The molecule has 0 bridgehead atoms. The molecule has 0 saturated carbocycles. The summed E-state index contributed by atoms with van der Waals surface area (Å²) in [6, 6.07) is 6.11. The van der Waals surface area contributed by atoms with E-state index in [2.05, 4.69) is 28.9 Å². The molecular weight excluding hydrogens is 228 g/mol. The lowest BCUT2D eigenvalue weighted by atomic mass is 9.96. The van der Waals surface area contributed by atoms with Crippen LogP contribution in [0.2, 0.25) is 0 Å². The van der Waals surface area contributed by atoms with Crippen molar-refractivity contribution < 1.29 is 4.79 Å². The Kier molecular flexibility index (Phi) is 3.67. The summed E-state index contributed by atoms with van der Waals surface area (Å²) >= 11 is 3.41. The molecule has 1 aromatic rings. The summed E-state index contributed by atoms with van der Waals surface area (Å²) in [7, 11) is 0. The lowest BCUT2D eigenvalue weighted by Gasteiger charge is -2.10. The van der Waals surface area contributed by atoms with Crippen molar-refractivity contribution in [2.45, 2.75) is 26.2 Å². The average molecular weight is 241 g/mol. The number of hydrogen-bond acceptors (Lipinski definition) is 1. The minimum absolute atomic E-state index is 0.00699. The zero-order valence-electron chi connectivity index (χ0n) is 7.88. The van der Waals surface area contributed by atoms with E-state index in [0.29, 0.717) is 0 Å². The fourth-order valence-corrected chi connectivity index (χ4v) is 1.76. The van der Waals surface area contributed by atoms with Crippen LogP contribution in [0.25, 0.3) is 0 Å². The molecule has 70 valence electrons. The second-order valence-electron chi connectivity index (χ2n) is 3.12. The highest BCUT2D eigenvalue weighted by Crippen LogP contribution is 2.23. The summed E-state index contributed by atoms with van der Waals surface area (Å²) in [5.41, 5.74) is 2.38. The maximum Gasteiger partial charge on any atom is 0.127 e. The predicted octanol–water partition coefficient (Wildman–Crippen LogP) is 3.31. The first-order chi connectivity index (χ1) is 6.19. The van der Waals surface area contributed by atoms with E-state index in [4.69, 9.17) is 0 Å². The molecule has 1 unspecified atom stereocenters. The highest BCUT2D eigenvalue weighted by molar-refractivity contribution is 9.10. The minimum Gasteiger partial charge on any atom is -0.303 e. The molecule has 1 rings (SSSR count). The molecule has 1 atom stereocenters. The Labute approximate surface area is 87.3 Å². The van der Waals surface area contributed by atoms with Crippen LogP contribution in [0.4, 0.5) is 0 Å². The maximum absolute atomic E-state index is 10.7. The Morgan fingerprint density at radius 2 is 2.23 bits per heavy atom. The van der Waals surface area contributed by atoms with Crippen molar-refractivity contribution in [1.82, 2.24) is 0 Å². The number of carbonyl (C=O) groups is 1. The number of carbonyl (C=O) groups excluding carboxylic acids is 1. The molecule has 1 nitrogen and oxygen atoms in total. The van der Waals surface area contributed by atoms with Gasteiger partial charge in [0.05, 0.1) is 0 Å². The molecular formula is C11H13BrO. The Hall–Kier alpha value is -0.630. The Balaban J connectivity index is 3.14. The van der Waals surface area contributed by atoms with Crippen LogP contribution in [0.1, 0.15) is 30.9 Å². The van der Waals surface area contributed by atoms with Gasteiger partial charge < -0.3 is 4.79 Å². The van der Waals surface area contributed by atoms with Gasteiger partial charge in [-0.2, -0.15) is 0 Å². The van der Waals surface area contributed by atoms with Crippen LogP contribution in [0.5, 0.6) is 0 Å². The number of hydrogen-bond donors (Lipinski definition) is 0. The molecule has 0 aliphatic heterocycles. The zero-order chi connectivity index (χ0) is 9.84. The number of halogens is 1. The number of benzene rings is 1. The maximum atomic E-state index is 10.7. The molecule has 0 spiro atoms. The molecule has 0 N–H and O–H groups in total. The van der Waals surface area contributed by atoms with Gasteiger partial charge in [-0.3, -0.25) is 0 Å². The Bertz CT molecular complexity index is 307. The third kappa shape index (κ3) is 2.41. The van der Waals surface area contributed by atoms with Gasteiger partial charge in [-0.25, -0.2) is 0 Å². The van der Waals surface area contributed by atoms with Crippen molar-refractivity contribution in [1.29, 1.82) is 0 Å². The summed E-state index contributed by atoms with van der Waals surface area (Å²) < 4.78 is 1.04. The van der Waals surface area contributed by atoms with Gasteiger partial charge in [-0.15, -0.1) is 0 Å². The summed E-state index contributed by atoms with van der Waals surface area (Å²) in [6.45, 7) is 4.03. The monoisotopic (exact) mass is 240 g/mol. The van der Waals surface area contributed by atoms with Crippen molar-refractivity contribution in [3.8, 4) is 0 Å². The lowest BCUT2D eigenvalue weighted by molar-refractivity contribution is -0.108. The molecule has 2 heteroatoms. The first kappa shape index (κ1) is 10.5. The Morgan fingerprint density at radius 3 is 2.77 bits per heavy atom. The van der Waals surface area contributed by atoms with Crippen LogP contribution in [-0.2, 0) is 11.2 Å². The van der Waals surface area contributed by atoms with Crippen molar-refractivity contribution in [3.05, 3.63) is 33.8 Å². The normalized spacial score (nSPS) is 12.5. The van der Waals surface area contributed by atoms with Gasteiger partial charge in [0, 0.05) is 10.4 Å². The molecule has 0 saturated heterocycles. The largest absolute Gasteiger partial charge is 0.303 e. The van der Waals surface area contributed by atoms with Crippen LogP contribution in [0, 0.1) is 0 Å². The van der Waals surface area contributed by atoms with Gasteiger partial charge in [0.25, 0.3) is 0 Å². The van der Waals surface area contributed by atoms with E-state index < -0.39 is 0 Å². The van der Waals surface area contributed by atoms with Crippen molar-refractivity contribution in [2.24, 2.45) is 0 Å². The van der Waals surface area contributed by atoms with E-state index in [1.807, 2.05) is 19.1 Å². The third-order valence-corrected chi connectivity index (χ3v) is 2.68. The van der Waals surface area contributed by atoms with Crippen molar-refractivity contribution in [2.75, 3.05) is 0 Å². The van der Waals surface area contributed by atoms with Crippen LogP contribution in [0.15, 0.2) is 22.7 Å². The second kappa shape index (κ2) is 4.56. The third-order valence-electron chi connectivity index (χ3n) is 2.18. The lowest BCUT2D eigenvalue weighted by Crippen LogP contribution is -1.99. The molecule has 0 radical (unpaired) electrons. The fourth-order valence-electron chi connectivity index (χ4n) is 1.38. The predicted molar refractivity (Wildman–Crippen MR) is 58.0 cm³/mol. The molecule has 0 fully saturated rings. The molecule has 0 heterocycles. The SMILES string of the molecule is CCc1ccc(Br)cc1C(C)C=O. The van der Waals surface area contributed by atoms with Crippen LogP contribution < -0.4 is 0 Å². The van der Waals surface area contributed by atoms with Crippen molar-refractivity contribution >= 4 is 22.2 Å². The molecule has 13 heavy (non-hydrogen) atoms. The number of aryl methyl sites for hydroxylation is 1. The van der Waals surface area contributed by atoms with E-state index >= 15 is 0 Å². The molecule has 0 aliphatic rings. The molecule has 0 aliphatic carbocycles. The van der Waals surface area contributed by atoms with E-state index in [9.17, 15) is 4.79 Å². The van der Waals surface area contributed by atoms with Gasteiger partial charge in [0.1, 0.15) is 6.29 Å². The smallest absolute Gasteiger partial charge is 0.127 e. The van der Waals surface area contributed by atoms with Gasteiger partial charge >= 0.3 is 0 Å². The van der Waals surface area contributed by atoms with E-state index in [1.165, 1.54) is 5.56 Å². The van der Waals surface area contributed by atoms with E-state index in [1.54, 1.807) is 0 Å². The zero-order valence-corrected chi connectivity index (χ0v) is 9.47. The standard InChI is InChI=1S/C11H13BrO/c1-3-9-4-5-10(12)6-11(9)8(2)7-13/h4-8H,3H2,1-2H3.